The van der Waals surface area contributed by atoms with Crippen LogP contribution in [0.25, 0.3) is 6.08 Å². The van der Waals surface area contributed by atoms with Crippen molar-refractivity contribution in [3.8, 4) is 0 Å². The molecule has 0 bridgehead atoms. The summed E-state index contributed by atoms with van der Waals surface area (Å²) in [5.41, 5.74) is 2.30. The number of anilines is 1. The third-order valence-corrected chi connectivity index (χ3v) is 6.46. The number of hydrogen-bond acceptors (Lipinski definition) is 5. The number of ether oxygens (including phenoxy) is 1. The Labute approximate surface area is 166 Å². The van der Waals surface area contributed by atoms with Gasteiger partial charge >= 0.3 is 5.97 Å². The van der Waals surface area contributed by atoms with Gasteiger partial charge in [0.2, 0.25) is 10.0 Å². The number of methoxy groups -OCH3 is 1. The topological polar surface area (TPSA) is 66.9 Å². The van der Waals surface area contributed by atoms with Crippen LogP contribution >= 0.6 is 0 Å². The highest BCUT2D eigenvalue weighted by molar-refractivity contribution is 7.92. The lowest BCUT2D eigenvalue weighted by Gasteiger charge is -2.39. The summed E-state index contributed by atoms with van der Waals surface area (Å²) in [6.45, 7) is 3.47. The first kappa shape index (κ1) is 20.1. The van der Waals surface area contributed by atoms with E-state index in [1.807, 2.05) is 49.4 Å². The molecule has 1 aliphatic rings. The Hall–Kier alpha value is -2.64. The second-order valence-corrected chi connectivity index (χ2v) is 8.47. The summed E-state index contributed by atoms with van der Waals surface area (Å²) < 4.78 is 31.7. The normalized spacial score (nSPS) is 18.4. The van der Waals surface area contributed by atoms with Crippen LogP contribution in [-0.4, -0.2) is 51.5 Å². The maximum atomic E-state index is 12.7. The highest BCUT2D eigenvalue weighted by atomic mass is 32.2. The van der Waals surface area contributed by atoms with E-state index in [4.69, 9.17) is 4.74 Å². The van der Waals surface area contributed by atoms with Crippen molar-refractivity contribution in [1.82, 2.24) is 4.31 Å². The Morgan fingerprint density at radius 3 is 2.36 bits per heavy atom. The molecule has 2 aromatic carbocycles. The van der Waals surface area contributed by atoms with Gasteiger partial charge in [0.15, 0.2) is 0 Å². The van der Waals surface area contributed by atoms with Gasteiger partial charge in [-0.1, -0.05) is 30.3 Å². The Morgan fingerprint density at radius 2 is 1.75 bits per heavy atom. The van der Waals surface area contributed by atoms with Crippen LogP contribution in [0.2, 0.25) is 0 Å². The molecular formula is C21H24N2O4S. The number of rotatable bonds is 5. The second-order valence-electron chi connectivity index (χ2n) is 6.70. The molecule has 0 aliphatic carbocycles. The standard InChI is InChI=1S/C21H24N2O4S/c1-17-16-22(20-10-8-19(9-11-20)21(24)27-2)13-14-23(17)28(25,26)15-12-18-6-4-3-5-7-18/h3-12,15,17H,13-14,16H2,1-2H3/b15-12+. The highest BCUT2D eigenvalue weighted by Crippen LogP contribution is 2.22. The van der Waals surface area contributed by atoms with Crippen molar-refractivity contribution in [2.75, 3.05) is 31.6 Å². The number of carbonyl (C=O) groups excluding carboxylic acids is 1. The van der Waals surface area contributed by atoms with Crippen molar-refractivity contribution in [3.63, 3.8) is 0 Å². The molecule has 2 aromatic rings. The van der Waals surface area contributed by atoms with Crippen molar-refractivity contribution in [2.24, 2.45) is 0 Å². The van der Waals surface area contributed by atoms with Crippen LogP contribution in [0.4, 0.5) is 5.69 Å². The molecule has 0 spiro atoms. The number of piperazine rings is 1. The molecule has 1 saturated heterocycles. The van der Waals surface area contributed by atoms with Crippen LogP contribution in [0.3, 0.4) is 0 Å². The zero-order valence-corrected chi connectivity index (χ0v) is 16.8. The molecule has 1 fully saturated rings. The first-order chi connectivity index (χ1) is 13.4. The summed E-state index contributed by atoms with van der Waals surface area (Å²) in [5, 5.41) is 1.28. The van der Waals surface area contributed by atoms with Crippen molar-refractivity contribution in [1.29, 1.82) is 0 Å². The Balaban J connectivity index is 1.67. The minimum absolute atomic E-state index is 0.167. The lowest BCUT2D eigenvalue weighted by atomic mass is 10.1. The molecule has 0 saturated carbocycles. The predicted octanol–water partition coefficient (Wildman–Crippen LogP) is 2.98. The van der Waals surface area contributed by atoms with Gasteiger partial charge in [-0.3, -0.25) is 0 Å². The summed E-state index contributed by atoms with van der Waals surface area (Å²) in [6.07, 6.45) is 1.62. The van der Waals surface area contributed by atoms with Gasteiger partial charge in [0.05, 0.1) is 12.7 Å². The zero-order chi connectivity index (χ0) is 20.1. The van der Waals surface area contributed by atoms with Crippen molar-refractivity contribution >= 4 is 27.8 Å². The SMILES string of the molecule is COC(=O)c1ccc(N2CCN(S(=O)(=O)/C=C/c3ccccc3)C(C)C2)cc1. The van der Waals surface area contributed by atoms with Gasteiger partial charge < -0.3 is 9.64 Å². The van der Waals surface area contributed by atoms with E-state index < -0.39 is 10.0 Å². The first-order valence-electron chi connectivity index (χ1n) is 9.09. The largest absolute Gasteiger partial charge is 0.465 e. The summed E-state index contributed by atoms with van der Waals surface area (Å²) in [7, 11) is -2.14. The number of nitrogens with zero attached hydrogens (tertiary/aromatic N) is 2. The average Bonchev–Trinajstić information content (AvgIpc) is 2.72. The smallest absolute Gasteiger partial charge is 0.337 e. The minimum Gasteiger partial charge on any atom is -0.465 e. The van der Waals surface area contributed by atoms with Crippen LogP contribution in [0.5, 0.6) is 0 Å². The lowest BCUT2D eigenvalue weighted by Crippen LogP contribution is -2.53. The quantitative estimate of drug-likeness (QED) is 0.722. The van der Waals surface area contributed by atoms with Gasteiger partial charge in [-0.25, -0.2) is 13.2 Å². The molecule has 1 unspecified atom stereocenters. The Morgan fingerprint density at radius 1 is 1.07 bits per heavy atom. The monoisotopic (exact) mass is 400 g/mol. The van der Waals surface area contributed by atoms with E-state index in [2.05, 4.69) is 4.90 Å². The molecule has 0 aromatic heterocycles. The maximum Gasteiger partial charge on any atom is 0.337 e. The summed E-state index contributed by atoms with van der Waals surface area (Å²) in [5.74, 6) is -0.374. The number of hydrogen-bond donors (Lipinski definition) is 0. The molecule has 1 aliphatic heterocycles. The van der Waals surface area contributed by atoms with Crippen LogP contribution < -0.4 is 4.90 Å². The predicted molar refractivity (Wildman–Crippen MR) is 111 cm³/mol. The van der Waals surface area contributed by atoms with Gasteiger partial charge in [0, 0.05) is 36.8 Å². The van der Waals surface area contributed by atoms with E-state index in [9.17, 15) is 13.2 Å². The molecule has 148 valence electrons. The minimum atomic E-state index is -3.49. The fraction of sp³-hybridized carbons (Fsp3) is 0.286. The van der Waals surface area contributed by atoms with Crippen molar-refractivity contribution < 1.29 is 17.9 Å². The molecule has 28 heavy (non-hydrogen) atoms. The Kier molecular flexibility index (Phi) is 6.16. The van der Waals surface area contributed by atoms with Crippen LogP contribution in [0, 0.1) is 0 Å². The fourth-order valence-electron chi connectivity index (χ4n) is 3.29. The molecule has 0 radical (unpaired) electrons. The number of sulfonamides is 1. The molecule has 1 atom stereocenters. The third kappa shape index (κ3) is 4.61. The van der Waals surface area contributed by atoms with Crippen LogP contribution in [0.1, 0.15) is 22.8 Å². The number of carbonyl (C=O) groups is 1. The van der Waals surface area contributed by atoms with E-state index in [-0.39, 0.29) is 12.0 Å². The van der Waals surface area contributed by atoms with Crippen LogP contribution in [-0.2, 0) is 14.8 Å². The van der Waals surface area contributed by atoms with E-state index >= 15 is 0 Å². The van der Waals surface area contributed by atoms with Crippen molar-refractivity contribution in [3.05, 3.63) is 71.1 Å². The van der Waals surface area contributed by atoms with Gasteiger partial charge in [-0.15, -0.1) is 0 Å². The summed E-state index contributed by atoms with van der Waals surface area (Å²) >= 11 is 0. The summed E-state index contributed by atoms with van der Waals surface area (Å²) in [6, 6.07) is 16.4. The van der Waals surface area contributed by atoms with Gasteiger partial charge in [-0.05, 0) is 42.8 Å². The van der Waals surface area contributed by atoms with E-state index in [1.54, 1.807) is 18.2 Å². The second kappa shape index (κ2) is 8.58. The summed E-state index contributed by atoms with van der Waals surface area (Å²) in [4.78, 5) is 13.7. The molecule has 1 heterocycles. The van der Waals surface area contributed by atoms with E-state index in [0.717, 1.165) is 11.3 Å². The van der Waals surface area contributed by atoms with Crippen LogP contribution in [0.15, 0.2) is 60.0 Å². The zero-order valence-electron chi connectivity index (χ0n) is 16.0. The molecule has 0 N–H and O–H groups in total. The first-order valence-corrected chi connectivity index (χ1v) is 10.6. The fourth-order valence-corrected chi connectivity index (χ4v) is 4.68. The molecule has 7 heteroatoms. The molecule has 3 rings (SSSR count). The van der Waals surface area contributed by atoms with Gasteiger partial charge in [-0.2, -0.15) is 4.31 Å². The Bertz CT molecular complexity index is 940. The molecule has 6 nitrogen and oxygen atoms in total. The molecule has 0 amide bonds. The van der Waals surface area contributed by atoms with E-state index in [1.165, 1.54) is 16.8 Å². The highest BCUT2D eigenvalue weighted by Gasteiger charge is 2.31. The van der Waals surface area contributed by atoms with E-state index in [0.29, 0.717) is 25.2 Å². The number of esters is 1. The lowest BCUT2D eigenvalue weighted by molar-refractivity contribution is 0.0600. The molecular weight excluding hydrogens is 376 g/mol. The maximum absolute atomic E-state index is 12.7. The third-order valence-electron chi connectivity index (χ3n) is 4.78. The number of benzene rings is 2. The van der Waals surface area contributed by atoms with Gasteiger partial charge in [0.25, 0.3) is 0 Å². The van der Waals surface area contributed by atoms with Crippen molar-refractivity contribution in [2.45, 2.75) is 13.0 Å². The average molecular weight is 401 g/mol. The van der Waals surface area contributed by atoms with Gasteiger partial charge in [0.1, 0.15) is 0 Å².